The van der Waals surface area contributed by atoms with E-state index in [2.05, 4.69) is 34.0 Å². The van der Waals surface area contributed by atoms with Gasteiger partial charge in [0, 0.05) is 24.8 Å². The van der Waals surface area contributed by atoms with Gasteiger partial charge in [0.15, 0.2) is 5.16 Å². The quantitative estimate of drug-likeness (QED) is 0.677. The predicted molar refractivity (Wildman–Crippen MR) is 95.8 cm³/mol. The van der Waals surface area contributed by atoms with E-state index in [-0.39, 0.29) is 11.4 Å². The summed E-state index contributed by atoms with van der Waals surface area (Å²) >= 11 is 1.39. The molecule has 0 aromatic carbocycles. The minimum absolute atomic E-state index is 0.0109. The Hall–Kier alpha value is -1.30. The van der Waals surface area contributed by atoms with Gasteiger partial charge < -0.3 is 10.2 Å². The topological polar surface area (TPSA) is 58.1 Å². The number of aromatic nitrogens is 2. The van der Waals surface area contributed by atoms with E-state index in [4.69, 9.17) is 0 Å². The van der Waals surface area contributed by atoms with E-state index >= 15 is 0 Å². The van der Waals surface area contributed by atoms with E-state index in [1.807, 2.05) is 26.8 Å². The van der Waals surface area contributed by atoms with Crippen LogP contribution in [0.15, 0.2) is 17.4 Å². The van der Waals surface area contributed by atoms with Crippen LogP contribution in [0.3, 0.4) is 0 Å². The number of carbonyl (C=O) groups excluding carboxylic acids is 1. The van der Waals surface area contributed by atoms with Crippen LogP contribution in [0.25, 0.3) is 0 Å². The van der Waals surface area contributed by atoms with E-state index in [0.29, 0.717) is 22.7 Å². The monoisotopic (exact) mass is 336 g/mol. The molecule has 128 valence electrons. The van der Waals surface area contributed by atoms with Crippen molar-refractivity contribution in [1.29, 1.82) is 0 Å². The molecular weight excluding hydrogens is 308 g/mol. The highest BCUT2D eigenvalue weighted by Crippen LogP contribution is 2.26. The van der Waals surface area contributed by atoms with Crippen molar-refractivity contribution < 1.29 is 4.79 Å². The Morgan fingerprint density at radius 2 is 2.00 bits per heavy atom. The standard InChI is InChI=1S/C17H28N4OS/c1-12-8-13(2)10-21(9-12)14-6-7-18-16(19-14)23-11-15(22)20-17(3,4)5/h6-7,12-13H,8-11H2,1-5H3,(H,20,22). The number of piperidine rings is 1. The number of amides is 1. The van der Waals surface area contributed by atoms with Gasteiger partial charge in [-0.25, -0.2) is 9.97 Å². The number of anilines is 1. The first-order chi connectivity index (χ1) is 10.7. The van der Waals surface area contributed by atoms with Crippen LogP contribution in [0.5, 0.6) is 0 Å². The number of thioether (sulfide) groups is 1. The van der Waals surface area contributed by atoms with Gasteiger partial charge in [-0.2, -0.15) is 0 Å². The largest absolute Gasteiger partial charge is 0.356 e. The van der Waals surface area contributed by atoms with E-state index in [0.717, 1.165) is 18.9 Å². The van der Waals surface area contributed by atoms with Crippen LogP contribution in [0, 0.1) is 11.8 Å². The maximum atomic E-state index is 11.9. The van der Waals surface area contributed by atoms with Crippen LogP contribution in [0.4, 0.5) is 5.82 Å². The molecule has 1 aromatic heterocycles. The highest BCUT2D eigenvalue weighted by molar-refractivity contribution is 7.99. The molecule has 2 heterocycles. The molecule has 6 heteroatoms. The fraction of sp³-hybridized carbons (Fsp3) is 0.706. The van der Waals surface area contributed by atoms with Crippen molar-refractivity contribution in [3.8, 4) is 0 Å². The second-order valence-electron chi connectivity index (χ2n) is 7.64. The molecule has 1 aliphatic rings. The Kier molecular flexibility index (Phi) is 5.89. The summed E-state index contributed by atoms with van der Waals surface area (Å²) in [6.45, 7) is 12.6. The normalized spacial score (nSPS) is 22.0. The summed E-state index contributed by atoms with van der Waals surface area (Å²) in [6.07, 6.45) is 3.06. The molecule has 0 aliphatic carbocycles. The molecule has 2 atom stereocenters. The van der Waals surface area contributed by atoms with Crippen LogP contribution >= 0.6 is 11.8 Å². The highest BCUT2D eigenvalue weighted by atomic mass is 32.2. The van der Waals surface area contributed by atoms with Crippen molar-refractivity contribution in [3.63, 3.8) is 0 Å². The zero-order valence-electron chi connectivity index (χ0n) is 14.8. The minimum Gasteiger partial charge on any atom is -0.356 e. The van der Waals surface area contributed by atoms with Crippen LogP contribution in [-0.2, 0) is 4.79 Å². The average Bonchev–Trinajstić information content (AvgIpc) is 2.43. The summed E-state index contributed by atoms with van der Waals surface area (Å²) in [4.78, 5) is 23.2. The van der Waals surface area contributed by atoms with Crippen LogP contribution in [0.2, 0.25) is 0 Å². The van der Waals surface area contributed by atoms with E-state index in [1.165, 1.54) is 18.2 Å². The smallest absolute Gasteiger partial charge is 0.230 e. The number of hydrogen-bond donors (Lipinski definition) is 1. The van der Waals surface area contributed by atoms with Crippen LogP contribution in [-0.4, -0.2) is 40.3 Å². The third-order valence-corrected chi connectivity index (χ3v) is 4.52. The molecule has 2 rings (SSSR count). The Bertz CT molecular complexity index is 534. The third-order valence-electron chi connectivity index (χ3n) is 3.66. The van der Waals surface area contributed by atoms with Crippen molar-refractivity contribution in [1.82, 2.24) is 15.3 Å². The lowest BCUT2D eigenvalue weighted by Gasteiger charge is -2.35. The number of nitrogens with one attached hydrogen (secondary N) is 1. The van der Waals surface area contributed by atoms with Crippen LogP contribution < -0.4 is 10.2 Å². The summed E-state index contributed by atoms with van der Waals surface area (Å²) in [5.41, 5.74) is -0.208. The van der Waals surface area contributed by atoms with Crippen molar-refractivity contribution in [3.05, 3.63) is 12.3 Å². The first-order valence-corrected chi connectivity index (χ1v) is 9.23. The lowest BCUT2D eigenvalue weighted by atomic mass is 9.92. The van der Waals surface area contributed by atoms with Gasteiger partial charge in [0.1, 0.15) is 5.82 Å². The van der Waals surface area contributed by atoms with Crippen molar-refractivity contribution in [2.24, 2.45) is 11.8 Å². The van der Waals surface area contributed by atoms with Crippen molar-refractivity contribution in [2.75, 3.05) is 23.7 Å². The van der Waals surface area contributed by atoms with Gasteiger partial charge in [-0.3, -0.25) is 4.79 Å². The number of hydrogen-bond acceptors (Lipinski definition) is 5. The molecule has 5 nitrogen and oxygen atoms in total. The molecule has 0 spiro atoms. The lowest BCUT2D eigenvalue weighted by molar-refractivity contribution is -0.119. The fourth-order valence-electron chi connectivity index (χ4n) is 3.01. The number of carbonyl (C=O) groups is 1. The Labute approximate surface area is 143 Å². The summed E-state index contributed by atoms with van der Waals surface area (Å²) in [5.74, 6) is 2.69. The first-order valence-electron chi connectivity index (χ1n) is 8.25. The first kappa shape index (κ1) is 18.0. The van der Waals surface area contributed by atoms with E-state index in [9.17, 15) is 4.79 Å². The van der Waals surface area contributed by atoms with Gasteiger partial charge in [-0.1, -0.05) is 25.6 Å². The van der Waals surface area contributed by atoms with Gasteiger partial charge >= 0.3 is 0 Å². The Balaban J connectivity index is 1.96. The summed E-state index contributed by atoms with van der Waals surface area (Å²) < 4.78 is 0. The summed E-state index contributed by atoms with van der Waals surface area (Å²) in [5, 5.41) is 3.62. The molecule has 0 bridgehead atoms. The number of rotatable bonds is 4. The van der Waals surface area contributed by atoms with Gasteiger partial charge in [-0.15, -0.1) is 0 Å². The maximum absolute atomic E-state index is 11.9. The van der Waals surface area contributed by atoms with Crippen molar-refractivity contribution >= 4 is 23.5 Å². The maximum Gasteiger partial charge on any atom is 0.230 e. The SMILES string of the molecule is CC1CC(C)CN(c2ccnc(SCC(=O)NC(C)(C)C)n2)C1. The Morgan fingerprint density at radius 3 is 2.61 bits per heavy atom. The molecule has 0 radical (unpaired) electrons. The second kappa shape index (κ2) is 7.51. The zero-order valence-corrected chi connectivity index (χ0v) is 15.6. The molecule has 1 aliphatic heterocycles. The molecule has 23 heavy (non-hydrogen) atoms. The third kappa shape index (κ3) is 6.01. The Morgan fingerprint density at radius 1 is 1.35 bits per heavy atom. The molecule has 1 N–H and O–H groups in total. The second-order valence-corrected chi connectivity index (χ2v) is 8.58. The molecule has 2 unspecified atom stereocenters. The van der Waals surface area contributed by atoms with E-state index < -0.39 is 0 Å². The summed E-state index contributed by atoms with van der Waals surface area (Å²) in [7, 11) is 0. The van der Waals surface area contributed by atoms with E-state index in [1.54, 1.807) is 6.20 Å². The predicted octanol–water partition coefficient (Wildman–Crippen LogP) is 2.97. The molecule has 0 saturated carbocycles. The van der Waals surface area contributed by atoms with Crippen LogP contribution in [0.1, 0.15) is 41.0 Å². The highest BCUT2D eigenvalue weighted by Gasteiger charge is 2.23. The van der Waals surface area contributed by atoms with Gasteiger partial charge in [-0.05, 0) is 45.1 Å². The number of nitrogens with zero attached hydrogens (tertiary/aromatic N) is 3. The lowest BCUT2D eigenvalue weighted by Crippen LogP contribution is -2.41. The average molecular weight is 337 g/mol. The molecule has 1 amide bonds. The molecule has 1 aromatic rings. The van der Waals surface area contributed by atoms with Gasteiger partial charge in [0.2, 0.25) is 5.91 Å². The summed E-state index contributed by atoms with van der Waals surface area (Å²) in [6, 6.07) is 1.96. The molecule has 1 fully saturated rings. The fourth-order valence-corrected chi connectivity index (χ4v) is 3.64. The van der Waals surface area contributed by atoms with Crippen molar-refractivity contribution in [2.45, 2.75) is 51.7 Å². The molecule has 1 saturated heterocycles. The zero-order chi connectivity index (χ0) is 17.0. The van der Waals surface area contributed by atoms with Gasteiger partial charge in [0.25, 0.3) is 0 Å². The molecular formula is C17H28N4OS. The van der Waals surface area contributed by atoms with Gasteiger partial charge in [0.05, 0.1) is 5.75 Å². The minimum atomic E-state index is -0.208.